The molecule has 2 unspecified atom stereocenters. The van der Waals surface area contributed by atoms with Gasteiger partial charge in [-0.05, 0) is 19.3 Å². The molecule has 0 radical (unpaired) electrons. The van der Waals surface area contributed by atoms with Gasteiger partial charge in [0.15, 0.2) is 0 Å². The second kappa shape index (κ2) is 11.1. The minimum absolute atomic E-state index is 0.283. The third-order valence-corrected chi connectivity index (χ3v) is 4.20. The molecule has 0 N–H and O–H groups in total. The van der Waals surface area contributed by atoms with Crippen molar-refractivity contribution in [2.75, 3.05) is 33.5 Å². The van der Waals surface area contributed by atoms with Crippen LogP contribution in [0.15, 0.2) is 24.6 Å². The molecule has 0 aromatic heterocycles. The van der Waals surface area contributed by atoms with E-state index in [4.69, 9.17) is 9.47 Å². The zero-order valence-electron chi connectivity index (χ0n) is 15.8. The van der Waals surface area contributed by atoms with E-state index in [1.165, 1.54) is 19.3 Å². The van der Waals surface area contributed by atoms with Crippen LogP contribution in [0.2, 0.25) is 0 Å². The van der Waals surface area contributed by atoms with Crippen molar-refractivity contribution in [3.05, 3.63) is 24.6 Å². The number of esters is 1. The van der Waals surface area contributed by atoms with Crippen LogP contribution in [-0.2, 0) is 14.3 Å². The first-order valence-electron chi connectivity index (χ1n) is 9.03. The molecule has 24 heavy (non-hydrogen) atoms. The Balaban J connectivity index is 2.46. The summed E-state index contributed by atoms with van der Waals surface area (Å²) in [4.78, 5) is 16.1. The van der Waals surface area contributed by atoms with Crippen molar-refractivity contribution in [3.8, 4) is 0 Å². The molecule has 0 fully saturated rings. The lowest BCUT2D eigenvalue weighted by molar-refractivity contribution is -0.148. The van der Waals surface area contributed by atoms with Crippen molar-refractivity contribution >= 4 is 5.97 Å². The average Bonchev–Trinajstić information content (AvgIpc) is 2.95. The quantitative estimate of drug-likeness (QED) is 0.403. The van der Waals surface area contributed by atoms with Crippen LogP contribution in [0, 0.1) is 5.92 Å². The molecule has 0 saturated carbocycles. The molecule has 0 spiro atoms. The average molecular weight is 338 g/mol. The zero-order valence-corrected chi connectivity index (χ0v) is 15.8. The monoisotopic (exact) mass is 338 g/mol. The fraction of sp³-hybridized carbons (Fsp3) is 0.737. The largest absolute Gasteiger partial charge is 0.455 e. The van der Waals surface area contributed by atoms with Crippen LogP contribution in [0.1, 0.15) is 46.5 Å². The number of rotatable bonds is 12. The topological polar surface area (TPSA) is 42.0 Å². The maximum Gasteiger partial charge on any atom is 0.333 e. The van der Waals surface area contributed by atoms with Crippen LogP contribution in [0.4, 0.5) is 0 Å². The summed E-state index contributed by atoms with van der Waals surface area (Å²) in [7, 11) is 2.02. The number of nitrogens with zero attached hydrogens (tertiary/aromatic N) is 2. The SMILES string of the molecule is C=C(C)C(=O)OC(COCC(CC)CCCC)CN1C=CN(C)C1. The molecule has 1 aliphatic heterocycles. The van der Waals surface area contributed by atoms with Crippen LogP contribution in [-0.4, -0.2) is 55.3 Å². The minimum atomic E-state index is -0.349. The van der Waals surface area contributed by atoms with Crippen molar-refractivity contribution in [1.29, 1.82) is 0 Å². The van der Waals surface area contributed by atoms with Gasteiger partial charge in [0.1, 0.15) is 6.10 Å². The molecule has 2 atom stereocenters. The first-order chi connectivity index (χ1) is 11.5. The predicted octanol–water partition coefficient (Wildman–Crippen LogP) is 3.38. The van der Waals surface area contributed by atoms with Gasteiger partial charge in [-0.15, -0.1) is 0 Å². The lowest BCUT2D eigenvalue weighted by atomic mass is 10.0. The van der Waals surface area contributed by atoms with Gasteiger partial charge in [0.05, 0.1) is 19.8 Å². The lowest BCUT2D eigenvalue weighted by Gasteiger charge is -2.25. The Labute approximate surface area is 147 Å². The van der Waals surface area contributed by atoms with Gasteiger partial charge in [0, 0.05) is 31.6 Å². The number of carbonyl (C=O) groups excluding carboxylic acids is 1. The Morgan fingerprint density at radius 1 is 1.29 bits per heavy atom. The second-order valence-electron chi connectivity index (χ2n) is 6.73. The summed E-state index contributed by atoms with van der Waals surface area (Å²) in [5.41, 5.74) is 0.420. The summed E-state index contributed by atoms with van der Waals surface area (Å²) in [5, 5.41) is 0. The van der Waals surface area contributed by atoms with Crippen LogP contribution < -0.4 is 0 Å². The third kappa shape index (κ3) is 7.86. The first kappa shape index (κ1) is 20.6. The summed E-state index contributed by atoms with van der Waals surface area (Å²) in [6.45, 7) is 12.3. The highest BCUT2D eigenvalue weighted by molar-refractivity contribution is 5.87. The Kier molecular flexibility index (Phi) is 9.53. The Morgan fingerprint density at radius 2 is 2.04 bits per heavy atom. The van der Waals surface area contributed by atoms with Gasteiger partial charge in [0.2, 0.25) is 0 Å². The fourth-order valence-electron chi connectivity index (χ4n) is 2.61. The number of hydrogen-bond acceptors (Lipinski definition) is 5. The molecule has 0 saturated heterocycles. The van der Waals surface area contributed by atoms with Gasteiger partial charge in [-0.3, -0.25) is 0 Å². The van der Waals surface area contributed by atoms with Crippen LogP contribution in [0.5, 0.6) is 0 Å². The van der Waals surface area contributed by atoms with E-state index in [-0.39, 0.29) is 12.1 Å². The summed E-state index contributed by atoms with van der Waals surface area (Å²) in [6.07, 6.45) is 8.51. The molecule has 0 aromatic carbocycles. The highest BCUT2D eigenvalue weighted by atomic mass is 16.6. The van der Waals surface area contributed by atoms with Crippen molar-refractivity contribution in [2.45, 2.75) is 52.6 Å². The van der Waals surface area contributed by atoms with Crippen molar-refractivity contribution < 1.29 is 14.3 Å². The van der Waals surface area contributed by atoms with E-state index in [1.54, 1.807) is 6.92 Å². The molecule has 5 nitrogen and oxygen atoms in total. The van der Waals surface area contributed by atoms with E-state index in [9.17, 15) is 4.79 Å². The zero-order chi connectivity index (χ0) is 17.9. The molecular weight excluding hydrogens is 304 g/mol. The third-order valence-electron chi connectivity index (χ3n) is 4.20. The van der Waals surface area contributed by atoms with Gasteiger partial charge < -0.3 is 19.3 Å². The molecule has 0 amide bonds. The van der Waals surface area contributed by atoms with Crippen LogP contribution in [0.3, 0.4) is 0 Å². The molecule has 1 heterocycles. The molecule has 1 rings (SSSR count). The first-order valence-corrected chi connectivity index (χ1v) is 9.03. The van der Waals surface area contributed by atoms with Gasteiger partial charge in [0.25, 0.3) is 0 Å². The summed E-state index contributed by atoms with van der Waals surface area (Å²) < 4.78 is 11.4. The van der Waals surface area contributed by atoms with E-state index >= 15 is 0 Å². The maximum absolute atomic E-state index is 11.9. The van der Waals surface area contributed by atoms with Gasteiger partial charge in [-0.1, -0.05) is 39.7 Å². The molecule has 0 bridgehead atoms. The summed E-state index contributed by atoms with van der Waals surface area (Å²) in [5.74, 6) is 0.235. The van der Waals surface area contributed by atoms with Crippen molar-refractivity contribution in [3.63, 3.8) is 0 Å². The lowest BCUT2D eigenvalue weighted by Crippen LogP contribution is -2.37. The van der Waals surface area contributed by atoms with E-state index < -0.39 is 0 Å². The van der Waals surface area contributed by atoms with Crippen LogP contribution >= 0.6 is 0 Å². The number of ether oxygens (including phenoxy) is 2. The highest BCUT2D eigenvalue weighted by Gasteiger charge is 2.20. The molecule has 0 aliphatic carbocycles. The summed E-state index contributed by atoms with van der Waals surface area (Å²) in [6, 6.07) is 0. The van der Waals surface area contributed by atoms with Crippen LogP contribution in [0.25, 0.3) is 0 Å². The second-order valence-corrected chi connectivity index (χ2v) is 6.73. The Morgan fingerprint density at radius 3 is 2.58 bits per heavy atom. The standard InChI is InChI=1S/C19H34N2O3/c1-6-8-9-17(7-2)13-23-14-18(24-19(22)16(3)4)12-21-11-10-20(5)15-21/h10-11,17-18H,3,6-9,12-15H2,1-2,4-5H3. The summed E-state index contributed by atoms with van der Waals surface area (Å²) >= 11 is 0. The van der Waals surface area contributed by atoms with Gasteiger partial charge in [-0.25, -0.2) is 4.79 Å². The van der Waals surface area contributed by atoms with E-state index in [0.29, 0.717) is 24.6 Å². The maximum atomic E-state index is 11.9. The normalized spacial score (nSPS) is 16.3. The number of unbranched alkanes of at least 4 members (excludes halogenated alkanes) is 1. The molecule has 5 heteroatoms. The highest BCUT2D eigenvalue weighted by Crippen LogP contribution is 2.14. The van der Waals surface area contributed by atoms with Gasteiger partial charge >= 0.3 is 5.97 Å². The van der Waals surface area contributed by atoms with E-state index in [2.05, 4.69) is 30.2 Å². The van der Waals surface area contributed by atoms with E-state index in [1.807, 2.05) is 19.4 Å². The van der Waals surface area contributed by atoms with E-state index in [0.717, 1.165) is 19.7 Å². The Bertz CT molecular complexity index is 423. The van der Waals surface area contributed by atoms with Crippen molar-refractivity contribution in [2.24, 2.45) is 5.92 Å². The number of hydrogen-bond donors (Lipinski definition) is 0. The molecule has 0 aromatic rings. The smallest absolute Gasteiger partial charge is 0.333 e. The predicted molar refractivity (Wildman–Crippen MR) is 97.3 cm³/mol. The Hall–Kier alpha value is -1.49. The molecular formula is C19H34N2O3. The number of carbonyl (C=O) groups is 1. The minimum Gasteiger partial charge on any atom is -0.455 e. The molecule has 138 valence electrons. The molecule has 1 aliphatic rings. The van der Waals surface area contributed by atoms with Crippen molar-refractivity contribution in [1.82, 2.24) is 9.80 Å². The fourth-order valence-corrected chi connectivity index (χ4v) is 2.61. The van der Waals surface area contributed by atoms with Gasteiger partial charge in [-0.2, -0.15) is 0 Å².